The first-order valence-corrected chi connectivity index (χ1v) is 9.80. The summed E-state index contributed by atoms with van der Waals surface area (Å²) >= 11 is 0. The van der Waals surface area contributed by atoms with Gasteiger partial charge in [0.05, 0.1) is 23.6 Å². The van der Waals surface area contributed by atoms with Gasteiger partial charge >= 0.3 is 5.97 Å². The lowest BCUT2D eigenvalue weighted by Gasteiger charge is -2.08. The number of benzene rings is 2. The number of nitrogens with one attached hydrogen (secondary N) is 1. The van der Waals surface area contributed by atoms with Gasteiger partial charge in [0.15, 0.2) is 5.69 Å². The Morgan fingerprint density at radius 2 is 1.94 bits per heavy atom. The minimum Gasteiger partial charge on any atom is -0.477 e. The van der Waals surface area contributed by atoms with Crippen LogP contribution in [0.4, 0.5) is 11.6 Å². The van der Waals surface area contributed by atoms with E-state index >= 15 is 0 Å². The summed E-state index contributed by atoms with van der Waals surface area (Å²) < 4.78 is 13.0. The average molecular weight is 426 g/mol. The van der Waals surface area contributed by atoms with Crippen molar-refractivity contribution in [1.29, 1.82) is 0 Å². The van der Waals surface area contributed by atoms with Crippen LogP contribution < -0.4 is 10.1 Å². The van der Waals surface area contributed by atoms with Gasteiger partial charge in [-0.05, 0) is 42.0 Å². The second-order valence-corrected chi connectivity index (χ2v) is 7.15. The number of carboxylic acid groups (broad SMARTS) is 1. The number of aromatic nitrogens is 3. The normalized spacial score (nSPS) is 10.9. The number of nitrogens with zero attached hydrogens (tertiary/aromatic N) is 3. The lowest BCUT2D eigenvalue weighted by atomic mass is 10.1. The van der Waals surface area contributed by atoms with Gasteiger partial charge in [0.2, 0.25) is 5.95 Å². The molecule has 0 bridgehead atoms. The summed E-state index contributed by atoms with van der Waals surface area (Å²) in [4.78, 5) is 19.6. The number of aromatic carboxylic acids is 1. The van der Waals surface area contributed by atoms with E-state index in [2.05, 4.69) is 10.3 Å². The maximum atomic E-state index is 11.1. The summed E-state index contributed by atoms with van der Waals surface area (Å²) in [5.74, 6) is 0.510. The van der Waals surface area contributed by atoms with Crippen LogP contribution in [0.5, 0.6) is 11.5 Å². The predicted octanol–water partition coefficient (Wildman–Crippen LogP) is 5.46. The Hall–Kier alpha value is -4.59. The molecule has 3 aromatic heterocycles. The number of hydrogen-bond donors (Lipinski definition) is 2. The summed E-state index contributed by atoms with van der Waals surface area (Å²) in [6.07, 6.45) is 4.75. The molecule has 8 heteroatoms. The second kappa shape index (κ2) is 7.92. The molecule has 158 valence electrons. The van der Waals surface area contributed by atoms with Crippen LogP contribution in [0, 0.1) is 0 Å². The van der Waals surface area contributed by atoms with Crippen molar-refractivity contribution in [3.8, 4) is 22.6 Å². The first kappa shape index (κ1) is 19.4. The van der Waals surface area contributed by atoms with Crippen molar-refractivity contribution < 1.29 is 19.1 Å². The number of pyridine rings is 1. The molecule has 0 saturated heterocycles. The molecular formula is C24H18N4O4. The van der Waals surface area contributed by atoms with Gasteiger partial charge in [0, 0.05) is 36.6 Å². The van der Waals surface area contributed by atoms with Crippen LogP contribution >= 0.6 is 0 Å². The zero-order valence-electron chi connectivity index (χ0n) is 17.0. The molecule has 0 unspecified atom stereocenters. The standard InChI is InChI=1S/C24H18N4O4/c1-28-22-6-5-18(32-19-7-9-25-21(13-19)23(29)30)12-20(22)27-24(28)26-17-4-2-3-15(11-17)16-8-10-31-14-16/h2-14H,1H3,(H,26,27)(H,29,30). The van der Waals surface area contributed by atoms with Gasteiger partial charge in [-0.1, -0.05) is 12.1 Å². The Kier molecular flexibility index (Phi) is 4.79. The highest BCUT2D eigenvalue weighted by atomic mass is 16.5. The molecule has 0 atom stereocenters. The molecule has 0 spiro atoms. The molecule has 2 N–H and O–H groups in total. The minimum atomic E-state index is -1.11. The van der Waals surface area contributed by atoms with Crippen LogP contribution in [0.3, 0.4) is 0 Å². The zero-order valence-corrected chi connectivity index (χ0v) is 17.0. The fourth-order valence-electron chi connectivity index (χ4n) is 3.42. The Morgan fingerprint density at radius 3 is 2.75 bits per heavy atom. The number of anilines is 2. The van der Waals surface area contributed by atoms with Gasteiger partial charge in [0.25, 0.3) is 0 Å². The van der Waals surface area contributed by atoms with Crippen LogP contribution in [0.15, 0.2) is 83.8 Å². The first-order valence-electron chi connectivity index (χ1n) is 9.80. The molecule has 3 heterocycles. The number of ether oxygens (including phenoxy) is 1. The third-order valence-corrected chi connectivity index (χ3v) is 5.01. The maximum Gasteiger partial charge on any atom is 0.354 e. The van der Waals surface area contributed by atoms with E-state index in [1.54, 1.807) is 18.6 Å². The monoisotopic (exact) mass is 426 g/mol. The number of carboxylic acids is 1. The van der Waals surface area contributed by atoms with Gasteiger partial charge < -0.3 is 24.1 Å². The van der Waals surface area contributed by atoms with E-state index in [1.807, 2.05) is 60.1 Å². The van der Waals surface area contributed by atoms with Crippen LogP contribution in [-0.2, 0) is 7.05 Å². The SMILES string of the molecule is Cn1c(Nc2cccc(-c3ccoc3)c2)nc2cc(Oc3ccnc(C(=O)O)c3)ccc21. The minimum absolute atomic E-state index is 0.0782. The number of carbonyl (C=O) groups is 1. The van der Waals surface area contributed by atoms with Crippen LogP contribution in [0.1, 0.15) is 10.5 Å². The van der Waals surface area contributed by atoms with E-state index in [1.165, 1.54) is 12.3 Å². The molecule has 0 aliphatic rings. The molecular weight excluding hydrogens is 408 g/mol. The summed E-state index contributed by atoms with van der Waals surface area (Å²) in [6.45, 7) is 0. The summed E-state index contributed by atoms with van der Waals surface area (Å²) in [5.41, 5.74) is 4.53. The number of aryl methyl sites for hydroxylation is 1. The number of fused-ring (bicyclic) bond motifs is 1. The van der Waals surface area contributed by atoms with Gasteiger partial charge in [-0.25, -0.2) is 14.8 Å². The van der Waals surface area contributed by atoms with Crippen molar-refractivity contribution in [2.75, 3.05) is 5.32 Å². The Labute approximate surface area is 182 Å². The largest absolute Gasteiger partial charge is 0.477 e. The van der Waals surface area contributed by atoms with E-state index in [0.717, 1.165) is 27.8 Å². The molecule has 8 nitrogen and oxygen atoms in total. The number of rotatable bonds is 6. The Morgan fingerprint density at radius 1 is 1.06 bits per heavy atom. The van der Waals surface area contributed by atoms with Crippen molar-refractivity contribution >= 4 is 28.6 Å². The maximum absolute atomic E-state index is 11.1. The van der Waals surface area contributed by atoms with Crippen LogP contribution in [0.25, 0.3) is 22.2 Å². The van der Waals surface area contributed by atoms with Crippen molar-refractivity contribution in [2.45, 2.75) is 0 Å². The summed E-state index contributed by atoms with van der Waals surface area (Å²) in [5, 5.41) is 12.5. The molecule has 0 radical (unpaired) electrons. The molecule has 5 aromatic rings. The lowest BCUT2D eigenvalue weighted by Crippen LogP contribution is -1.99. The van der Waals surface area contributed by atoms with E-state index in [9.17, 15) is 4.79 Å². The van der Waals surface area contributed by atoms with E-state index in [4.69, 9.17) is 19.2 Å². The number of furan rings is 1. The molecule has 0 aliphatic carbocycles. The third kappa shape index (κ3) is 3.77. The Bertz CT molecular complexity index is 1420. The zero-order chi connectivity index (χ0) is 22.1. The summed E-state index contributed by atoms with van der Waals surface area (Å²) in [6, 6.07) is 18.4. The number of hydrogen-bond acceptors (Lipinski definition) is 6. The molecule has 5 rings (SSSR count). The molecule has 0 saturated carbocycles. The van der Waals surface area contributed by atoms with E-state index < -0.39 is 5.97 Å². The molecule has 0 aliphatic heterocycles. The van der Waals surface area contributed by atoms with Crippen molar-refractivity contribution in [3.63, 3.8) is 0 Å². The van der Waals surface area contributed by atoms with Crippen LogP contribution in [0.2, 0.25) is 0 Å². The highest BCUT2D eigenvalue weighted by Gasteiger charge is 2.11. The first-order chi connectivity index (χ1) is 15.6. The third-order valence-electron chi connectivity index (χ3n) is 5.01. The highest BCUT2D eigenvalue weighted by Crippen LogP contribution is 2.29. The van der Waals surface area contributed by atoms with Crippen molar-refractivity contribution in [2.24, 2.45) is 7.05 Å². The highest BCUT2D eigenvalue weighted by molar-refractivity contribution is 5.85. The fraction of sp³-hybridized carbons (Fsp3) is 0.0417. The van der Waals surface area contributed by atoms with E-state index in [-0.39, 0.29) is 5.69 Å². The van der Waals surface area contributed by atoms with E-state index in [0.29, 0.717) is 17.4 Å². The van der Waals surface area contributed by atoms with Crippen LogP contribution in [-0.4, -0.2) is 25.6 Å². The summed E-state index contributed by atoms with van der Waals surface area (Å²) in [7, 11) is 1.93. The molecule has 0 amide bonds. The van der Waals surface area contributed by atoms with Gasteiger partial charge in [-0.2, -0.15) is 0 Å². The molecule has 0 fully saturated rings. The smallest absolute Gasteiger partial charge is 0.354 e. The average Bonchev–Trinajstić information content (AvgIpc) is 3.43. The molecule has 32 heavy (non-hydrogen) atoms. The quantitative estimate of drug-likeness (QED) is 0.371. The fourth-order valence-corrected chi connectivity index (χ4v) is 3.42. The van der Waals surface area contributed by atoms with Gasteiger partial charge in [-0.15, -0.1) is 0 Å². The predicted molar refractivity (Wildman–Crippen MR) is 119 cm³/mol. The van der Waals surface area contributed by atoms with Gasteiger partial charge in [0.1, 0.15) is 11.5 Å². The van der Waals surface area contributed by atoms with Gasteiger partial charge in [-0.3, -0.25) is 0 Å². The Balaban J connectivity index is 1.41. The van der Waals surface area contributed by atoms with Crippen molar-refractivity contribution in [3.05, 3.63) is 85.1 Å². The van der Waals surface area contributed by atoms with Crippen molar-refractivity contribution in [1.82, 2.24) is 14.5 Å². The topological polar surface area (TPSA) is 102 Å². The molecule has 2 aromatic carbocycles. The lowest BCUT2D eigenvalue weighted by molar-refractivity contribution is 0.0690. The second-order valence-electron chi connectivity index (χ2n) is 7.15. The number of imidazole rings is 1.